The summed E-state index contributed by atoms with van der Waals surface area (Å²) in [6.45, 7) is 7.08. The zero-order valence-corrected chi connectivity index (χ0v) is 20.8. The van der Waals surface area contributed by atoms with Crippen LogP contribution in [-0.4, -0.2) is 43.8 Å². The fourth-order valence-corrected chi connectivity index (χ4v) is 3.36. The highest BCUT2D eigenvalue weighted by atomic mass is 16.6. The number of carbonyl (C=O) groups is 2. The Balaban J connectivity index is 2.05. The first-order valence-corrected chi connectivity index (χ1v) is 12.1. The van der Waals surface area contributed by atoms with E-state index in [0.717, 1.165) is 35.3 Å². The summed E-state index contributed by atoms with van der Waals surface area (Å²) in [7, 11) is 1.76. The van der Waals surface area contributed by atoms with E-state index in [1.165, 1.54) is 19.3 Å². The molecule has 7 heteroatoms. The summed E-state index contributed by atoms with van der Waals surface area (Å²) in [4.78, 5) is 30.7. The van der Waals surface area contributed by atoms with Gasteiger partial charge in [0.1, 0.15) is 0 Å². The maximum absolute atomic E-state index is 12.5. The maximum atomic E-state index is 12.5. The molecule has 2 rings (SSSR count). The van der Waals surface area contributed by atoms with Gasteiger partial charge in [0.2, 0.25) is 5.76 Å². The minimum Gasteiger partial charge on any atom is -0.487 e. The van der Waals surface area contributed by atoms with Gasteiger partial charge in [0, 0.05) is 31.0 Å². The number of esters is 1. The summed E-state index contributed by atoms with van der Waals surface area (Å²) < 4.78 is 10.4. The molecule has 0 saturated heterocycles. The van der Waals surface area contributed by atoms with Crippen LogP contribution in [0.3, 0.4) is 0 Å². The molecule has 0 aliphatic carbocycles. The number of ether oxygens (including phenoxy) is 2. The van der Waals surface area contributed by atoms with Crippen LogP contribution < -0.4 is 10.2 Å². The van der Waals surface area contributed by atoms with Crippen molar-refractivity contribution in [2.24, 2.45) is 0 Å². The molecule has 7 nitrogen and oxygen atoms in total. The normalized spacial score (nSPS) is 11.1. The molecule has 0 fully saturated rings. The summed E-state index contributed by atoms with van der Waals surface area (Å²) >= 11 is 0. The van der Waals surface area contributed by atoms with Crippen LogP contribution >= 0.6 is 0 Å². The third kappa shape index (κ3) is 8.54. The highest BCUT2D eigenvalue weighted by molar-refractivity contribution is 5.92. The Kier molecular flexibility index (Phi) is 11.7. The molecule has 1 aromatic heterocycles. The molecule has 0 aliphatic heterocycles. The summed E-state index contributed by atoms with van der Waals surface area (Å²) in [5.41, 5.74) is 3.17. The number of hydrogen-bond acceptors (Lipinski definition) is 5. The Hall–Kier alpha value is -3.35. The van der Waals surface area contributed by atoms with E-state index >= 15 is 0 Å². The van der Waals surface area contributed by atoms with Crippen LogP contribution in [-0.2, 0) is 14.3 Å². The van der Waals surface area contributed by atoms with Crippen LogP contribution in [0.5, 0.6) is 0 Å². The standard InChI is InChI=1S/C27H37N3O4/c1-5-8-9-10-11-17-28-27(32)30(4)23-14-12-13-22(19-23)24-16-15-21(20-29-24)18-25(33-6-2)26(31)34-7-3/h12-16,18-20H,5-11,17H2,1-4H3,(H,28,32)/b25-18-. The Morgan fingerprint density at radius 1 is 1.00 bits per heavy atom. The van der Waals surface area contributed by atoms with Gasteiger partial charge in [0.15, 0.2) is 0 Å². The first-order valence-electron chi connectivity index (χ1n) is 12.1. The Morgan fingerprint density at radius 3 is 2.44 bits per heavy atom. The molecule has 0 saturated carbocycles. The SMILES string of the molecule is CCCCCCCNC(=O)N(C)c1cccc(-c2ccc(/C=C(\OCC)C(=O)OCC)cn2)c1. The maximum Gasteiger partial charge on any atom is 0.373 e. The predicted molar refractivity (Wildman–Crippen MR) is 136 cm³/mol. The minimum absolute atomic E-state index is 0.122. The Bertz CT molecular complexity index is 941. The average molecular weight is 468 g/mol. The van der Waals surface area contributed by atoms with Gasteiger partial charge < -0.3 is 14.8 Å². The van der Waals surface area contributed by atoms with Crippen molar-refractivity contribution in [1.29, 1.82) is 0 Å². The molecule has 0 aliphatic rings. The monoisotopic (exact) mass is 467 g/mol. The van der Waals surface area contributed by atoms with Crippen LogP contribution in [0.1, 0.15) is 58.4 Å². The second kappa shape index (κ2) is 14.7. The molecule has 2 aromatic rings. The molecular formula is C27H37N3O4. The molecule has 0 radical (unpaired) electrons. The van der Waals surface area contributed by atoms with Crippen LogP contribution in [0, 0.1) is 0 Å². The molecule has 1 aromatic carbocycles. The predicted octanol–water partition coefficient (Wildman–Crippen LogP) is 5.81. The molecule has 0 bridgehead atoms. The summed E-state index contributed by atoms with van der Waals surface area (Å²) in [6, 6.07) is 11.3. The van der Waals surface area contributed by atoms with Gasteiger partial charge in [0.25, 0.3) is 0 Å². The number of aromatic nitrogens is 1. The second-order valence-corrected chi connectivity index (χ2v) is 7.89. The molecule has 2 amide bonds. The highest BCUT2D eigenvalue weighted by Gasteiger charge is 2.13. The van der Waals surface area contributed by atoms with E-state index in [9.17, 15) is 9.59 Å². The fraction of sp³-hybridized carbons (Fsp3) is 0.444. The third-order valence-corrected chi connectivity index (χ3v) is 5.25. The van der Waals surface area contributed by atoms with Gasteiger partial charge >= 0.3 is 12.0 Å². The van der Waals surface area contributed by atoms with Gasteiger partial charge in [0.05, 0.1) is 18.9 Å². The number of urea groups is 1. The zero-order chi connectivity index (χ0) is 24.8. The van der Waals surface area contributed by atoms with Gasteiger partial charge in [-0.3, -0.25) is 9.88 Å². The van der Waals surface area contributed by atoms with Gasteiger partial charge in [-0.15, -0.1) is 0 Å². The van der Waals surface area contributed by atoms with Crippen molar-refractivity contribution in [3.63, 3.8) is 0 Å². The van der Waals surface area contributed by atoms with Crippen molar-refractivity contribution >= 4 is 23.8 Å². The molecule has 184 valence electrons. The number of hydrogen-bond donors (Lipinski definition) is 1. The van der Waals surface area contributed by atoms with E-state index in [0.29, 0.717) is 13.2 Å². The number of benzene rings is 1. The van der Waals surface area contributed by atoms with Crippen molar-refractivity contribution in [2.75, 3.05) is 31.7 Å². The van der Waals surface area contributed by atoms with Crippen molar-refractivity contribution < 1.29 is 19.1 Å². The first-order chi connectivity index (χ1) is 16.5. The van der Waals surface area contributed by atoms with E-state index in [4.69, 9.17) is 9.47 Å². The highest BCUT2D eigenvalue weighted by Crippen LogP contribution is 2.23. The Morgan fingerprint density at radius 2 is 1.76 bits per heavy atom. The van der Waals surface area contributed by atoms with Crippen molar-refractivity contribution in [3.8, 4) is 11.3 Å². The molecule has 1 heterocycles. The van der Waals surface area contributed by atoms with E-state index in [2.05, 4.69) is 17.2 Å². The smallest absolute Gasteiger partial charge is 0.373 e. The van der Waals surface area contributed by atoms with Crippen molar-refractivity contribution in [2.45, 2.75) is 52.9 Å². The van der Waals surface area contributed by atoms with Crippen LogP contribution in [0.2, 0.25) is 0 Å². The lowest BCUT2D eigenvalue weighted by atomic mass is 10.1. The number of pyridine rings is 1. The van der Waals surface area contributed by atoms with Gasteiger partial charge in [-0.05, 0) is 50.1 Å². The Labute approximate surface area is 203 Å². The van der Waals surface area contributed by atoms with Crippen LogP contribution in [0.15, 0.2) is 48.4 Å². The number of anilines is 1. The summed E-state index contributed by atoms with van der Waals surface area (Å²) in [6.07, 6.45) is 9.08. The van der Waals surface area contributed by atoms with Crippen molar-refractivity contribution in [1.82, 2.24) is 10.3 Å². The van der Waals surface area contributed by atoms with Crippen LogP contribution in [0.25, 0.3) is 17.3 Å². The number of rotatable bonds is 13. The second-order valence-electron chi connectivity index (χ2n) is 7.89. The minimum atomic E-state index is -0.497. The van der Waals surface area contributed by atoms with Gasteiger partial charge in [-0.1, -0.05) is 50.8 Å². The number of nitrogens with one attached hydrogen (secondary N) is 1. The van der Waals surface area contributed by atoms with E-state index in [-0.39, 0.29) is 18.4 Å². The van der Waals surface area contributed by atoms with E-state index < -0.39 is 5.97 Å². The number of amides is 2. The molecular weight excluding hydrogens is 430 g/mol. The topological polar surface area (TPSA) is 80.8 Å². The van der Waals surface area contributed by atoms with E-state index in [1.807, 2.05) is 43.3 Å². The lowest BCUT2D eigenvalue weighted by Crippen LogP contribution is -2.37. The zero-order valence-electron chi connectivity index (χ0n) is 20.8. The quantitative estimate of drug-likeness (QED) is 0.174. The van der Waals surface area contributed by atoms with Crippen molar-refractivity contribution in [3.05, 3.63) is 53.9 Å². The largest absolute Gasteiger partial charge is 0.487 e. The number of carbonyl (C=O) groups excluding carboxylic acids is 2. The number of unbranched alkanes of at least 4 members (excludes halogenated alkanes) is 4. The lowest BCUT2D eigenvalue weighted by Gasteiger charge is -2.19. The van der Waals surface area contributed by atoms with Gasteiger partial charge in [-0.25, -0.2) is 9.59 Å². The summed E-state index contributed by atoms with van der Waals surface area (Å²) in [5.74, 6) is -0.345. The fourth-order valence-electron chi connectivity index (χ4n) is 3.36. The first kappa shape index (κ1) is 26.9. The number of nitrogens with zero attached hydrogens (tertiary/aromatic N) is 2. The molecule has 0 unspecified atom stereocenters. The molecule has 1 N–H and O–H groups in total. The molecule has 0 spiro atoms. The van der Waals surface area contributed by atoms with Gasteiger partial charge in [-0.2, -0.15) is 0 Å². The summed E-state index contributed by atoms with van der Waals surface area (Å²) in [5, 5.41) is 2.99. The average Bonchev–Trinajstić information content (AvgIpc) is 2.86. The lowest BCUT2D eigenvalue weighted by molar-refractivity contribution is -0.142. The third-order valence-electron chi connectivity index (χ3n) is 5.25. The van der Waals surface area contributed by atoms with E-state index in [1.54, 1.807) is 31.1 Å². The molecule has 34 heavy (non-hydrogen) atoms. The molecule has 0 atom stereocenters. The van der Waals surface area contributed by atoms with Crippen LogP contribution in [0.4, 0.5) is 10.5 Å².